The van der Waals surface area contributed by atoms with Crippen LogP contribution in [0.3, 0.4) is 0 Å². The minimum atomic E-state index is -0.573. The van der Waals surface area contributed by atoms with Crippen LogP contribution in [0.25, 0.3) is 0 Å². The molecule has 9 heteroatoms. The van der Waals surface area contributed by atoms with E-state index in [1.807, 2.05) is 25.1 Å². The first-order valence-electron chi connectivity index (χ1n) is 9.05. The van der Waals surface area contributed by atoms with Crippen molar-refractivity contribution >= 4 is 35.2 Å². The van der Waals surface area contributed by atoms with Crippen LogP contribution in [0.1, 0.15) is 13.3 Å². The molecule has 0 aliphatic carbocycles. The third-order valence-electron chi connectivity index (χ3n) is 3.93. The summed E-state index contributed by atoms with van der Waals surface area (Å²) < 4.78 is 10.9. The van der Waals surface area contributed by atoms with Crippen LogP contribution in [0.2, 0.25) is 0 Å². The Kier molecular flexibility index (Phi) is 6.96. The molecular formula is C20H21N3O5S. The highest BCUT2D eigenvalue weighted by molar-refractivity contribution is 8.01. The summed E-state index contributed by atoms with van der Waals surface area (Å²) in [5.41, 5.74) is 5.32. The molecule has 1 heterocycles. The standard InChI is InChI=1S/C20H21N3O5S/c1-2-27-14-8-4-5-9-15(14)28-12-19(25)23-22-18(24)11-17-20(26)21-13-7-3-6-10-16(13)29-17/h3-10,17H,2,11-12H2,1H3,(H,21,26)(H,22,24)(H,23,25). The molecule has 1 unspecified atom stereocenters. The van der Waals surface area contributed by atoms with Gasteiger partial charge < -0.3 is 14.8 Å². The van der Waals surface area contributed by atoms with Crippen molar-refractivity contribution in [1.82, 2.24) is 10.9 Å². The van der Waals surface area contributed by atoms with Gasteiger partial charge in [-0.2, -0.15) is 0 Å². The maximum Gasteiger partial charge on any atom is 0.276 e. The third kappa shape index (κ3) is 5.64. The molecule has 3 N–H and O–H groups in total. The first-order valence-corrected chi connectivity index (χ1v) is 9.93. The molecule has 29 heavy (non-hydrogen) atoms. The van der Waals surface area contributed by atoms with Gasteiger partial charge in [0.15, 0.2) is 18.1 Å². The number of thioether (sulfide) groups is 1. The molecule has 1 aliphatic heterocycles. The molecule has 3 amide bonds. The molecule has 1 atom stereocenters. The van der Waals surface area contributed by atoms with Gasteiger partial charge in [-0.05, 0) is 31.2 Å². The fourth-order valence-electron chi connectivity index (χ4n) is 2.61. The Morgan fingerprint density at radius 3 is 2.41 bits per heavy atom. The highest BCUT2D eigenvalue weighted by Gasteiger charge is 2.28. The molecule has 0 spiro atoms. The molecule has 3 rings (SSSR count). The minimum Gasteiger partial charge on any atom is -0.490 e. The van der Waals surface area contributed by atoms with Crippen molar-refractivity contribution in [3.05, 3.63) is 48.5 Å². The fraction of sp³-hybridized carbons (Fsp3) is 0.250. The lowest BCUT2D eigenvalue weighted by Gasteiger charge is -2.23. The molecule has 0 aromatic heterocycles. The van der Waals surface area contributed by atoms with Crippen LogP contribution >= 0.6 is 11.8 Å². The van der Waals surface area contributed by atoms with Gasteiger partial charge in [0.1, 0.15) is 0 Å². The zero-order valence-corrected chi connectivity index (χ0v) is 16.6. The smallest absolute Gasteiger partial charge is 0.276 e. The number of hydrazine groups is 1. The van der Waals surface area contributed by atoms with Gasteiger partial charge in [-0.25, -0.2) is 0 Å². The van der Waals surface area contributed by atoms with Crippen molar-refractivity contribution in [2.24, 2.45) is 0 Å². The van der Waals surface area contributed by atoms with E-state index in [9.17, 15) is 14.4 Å². The molecule has 152 valence electrons. The number of hydrogen-bond acceptors (Lipinski definition) is 6. The summed E-state index contributed by atoms with van der Waals surface area (Å²) >= 11 is 1.32. The highest BCUT2D eigenvalue weighted by Crippen LogP contribution is 2.36. The van der Waals surface area contributed by atoms with E-state index in [1.165, 1.54) is 11.8 Å². The van der Waals surface area contributed by atoms with Crippen LogP contribution in [0.5, 0.6) is 11.5 Å². The molecule has 2 aromatic carbocycles. The van der Waals surface area contributed by atoms with Crippen molar-refractivity contribution in [3.63, 3.8) is 0 Å². The molecule has 0 fully saturated rings. The number of ether oxygens (including phenoxy) is 2. The second kappa shape index (κ2) is 9.83. The van der Waals surface area contributed by atoms with Crippen LogP contribution in [0.15, 0.2) is 53.4 Å². The Hall–Kier alpha value is -3.20. The van der Waals surface area contributed by atoms with Crippen LogP contribution < -0.4 is 25.6 Å². The van der Waals surface area contributed by atoms with Gasteiger partial charge in [0, 0.05) is 11.3 Å². The Balaban J connectivity index is 1.44. The summed E-state index contributed by atoms with van der Waals surface area (Å²) in [6.45, 7) is 2.03. The first kappa shape index (κ1) is 20.5. The summed E-state index contributed by atoms with van der Waals surface area (Å²) in [5, 5.41) is 2.20. The number of nitrogens with one attached hydrogen (secondary N) is 3. The molecule has 0 saturated heterocycles. The summed E-state index contributed by atoms with van der Waals surface area (Å²) in [5.74, 6) is -0.279. The number of amides is 3. The van der Waals surface area contributed by atoms with E-state index in [0.717, 1.165) is 10.6 Å². The van der Waals surface area contributed by atoms with Crippen LogP contribution in [-0.2, 0) is 14.4 Å². The molecule has 1 aliphatic rings. The van der Waals surface area contributed by atoms with Crippen LogP contribution in [0.4, 0.5) is 5.69 Å². The largest absolute Gasteiger partial charge is 0.490 e. The lowest BCUT2D eigenvalue weighted by atomic mass is 10.2. The average molecular weight is 415 g/mol. The normalized spacial score (nSPS) is 14.9. The maximum atomic E-state index is 12.1. The summed E-state index contributed by atoms with van der Waals surface area (Å²) in [4.78, 5) is 37.1. The number of rotatable bonds is 7. The number of carbonyl (C=O) groups excluding carboxylic acids is 3. The van der Waals surface area contributed by atoms with Crippen molar-refractivity contribution < 1.29 is 23.9 Å². The second-order valence-corrected chi connectivity index (χ2v) is 7.31. The van der Waals surface area contributed by atoms with E-state index in [1.54, 1.807) is 30.3 Å². The van der Waals surface area contributed by atoms with Gasteiger partial charge in [-0.1, -0.05) is 24.3 Å². The Morgan fingerprint density at radius 1 is 1.00 bits per heavy atom. The number of benzene rings is 2. The predicted molar refractivity (Wildman–Crippen MR) is 109 cm³/mol. The van der Waals surface area contributed by atoms with Crippen molar-refractivity contribution in [1.29, 1.82) is 0 Å². The Labute approximate surface area is 172 Å². The van der Waals surface area contributed by atoms with Crippen molar-refractivity contribution in [3.8, 4) is 11.5 Å². The number of para-hydroxylation sites is 3. The quantitative estimate of drug-likeness (QED) is 0.598. The lowest BCUT2D eigenvalue weighted by Crippen LogP contribution is -2.45. The molecular weight excluding hydrogens is 394 g/mol. The lowest BCUT2D eigenvalue weighted by molar-refractivity contribution is -0.130. The fourth-order valence-corrected chi connectivity index (χ4v) is 3.72. The van der Waals surface area contributed by atoms with Gasteiger partial charge in [-0.15, -0.1) is 11.8 Å². The second-order valence-electron chi connectivity index (χ2n) is 6.06. The van der Waals surface area contributed by atoms with E-state index in [4.69, 9.17) is 9.47 Å². The predicted octanol–water partition coefficient (Wildman–Crippen LogP) is 2.11. The number of anilines is 1. The molecule has 2 aromatic rings. The van der Waals surface area contributed by atoms with Crippen molar-refractivity contribution in [2.45, 2.75) is 23.5 Å². The topological polar surface area (TPSA) is 106 Å². The molecule has 8 nitrogen and oxygen atoms in total. The third-order valence-corrected chi connectivity index (χ3v) is 5.20. The first-order chi connectivity index (χ1) is 14.1. The number of carbonyl (C=O) groups is 3. The molecule has 0 saturated carbocycles. The Bertz CT molecular complexity index is 905. The monoisotopic (exact) mass is 415 g/mol. The zero-order chi connectivity index (χ0) is 20.6. The number of hydrogen-bond donors (Lipinski definition) is 3. The van der Waals surface area contributed by atoms with Gasteiger partial charge in [0.05, 0.1) is 17.5 Å². The van der Waals surface area contributed by atoms with Crippen LogP contribution in [-0.4, -0.2) is 36.2 Å². The maximum absolute atomic E-state index is 12.1. The Morgan fingerprint density at radius 2 is 1.66 bits per heavy atom. The molecule has 0 bridgehead atoms. The van der Waals surface area contributed by atoms with E-state index >= 15 is 0 Å². The molecule has 0 radical (unpaired) electrons. The minimum absolute atomic E-state index is 0.0703. The van der Waals surface area contributed by atoms with Crippen molar-refractivity contribution in [2.75, 3.05) is 18.5 Å². The van der Waals surface area contributed by atoms with Gasteiger partial charge in [0.2, 0.25) is 11.8 Å². The summed E-state index contributed by atoms with van der Waals surface area (Å²) in [6, 6.07) is 14.4. The summed E-state index contributed by atoms with van der Waals surface area (Å²) in [6.07, 6.45) is -0.0703. The van der Waals surface area contributed by atoms with Gasteiger partial charge in [0.25, 0.3) is 5.91 Å². The summed E-state index contributed by atoms with van der Waals surface area (Å²) in [7, 11) is 0. The van der Waals surface area contributed by atoms with Gasteiger partial charge >= 0.3 is 0 Å². The van der Waals surface area contributed by atoms with E-state index in [-0.39, 0.29) is 18.9 Å². The highest BCUT2D eigenvalue weighted by atomic mass is 32.2. The van der Waals surface area contributed by atoms with E-state index < -0.39 is 17.1 Å². The SMILES string of the molecule is CCOc1ccccc1OCC(=O)NNC(=O)CC1Sc2ccccc2NC1=O. The van der Waals surface area contributed by atoms with Gasteiger partial charge in [-0.3, -0.25) is 25.2 Å². The number of fused-ring (bicyclic) bond motifs is 1. The van der Waals surface area contributed by atoms with E-state index in [0.29, 0.717) is 18.1 Å². The van der Waals surface area contributed by atoms with Crippen LogP contribution in [0, 0.1) is 0 Å². The average Bonchev–Trinajstić information content (AvgIpc) is 2.72. The van der Waals surface area contributed by atoms with E-state index in [2.05, 4.69) is 16.2 Å². The zero-order valence-electron chi connectivity index (χ0n) is 15.8.